The Morgan fingerprint density at radius 1 is 1.12 bits per heavy atom. The minimum absolute atomic E-state index is 0.0318. The fraction of sp³-hybridized carbons (Fsp3) is 0.294. The van der Waals surface area contributed by atoms with Gasteiger partial charge in [-0.2, -0.15) is 13.2 Å². The van der Waals surface area contributed by atoms with Crippen molar-refractivity contribution in [2.75, 3.05) is 7.11 Å². The Morgan fingerprint density at radius 3 is 2.48 bits per heavy atom. The fourth-order valence-corrected chi connectivity index (χ4v) is 2.03. The second kappa shape index (κ2) is 8.36. The molecule has 5 nitrogen and oxygen atoms in total. The third kappa shape index (κ3) is 6.33. The molecule has 1 N–H and O–H groups in total. The standard InChI is InChI=1S/C17H17F3N2O3/c1-24-15-8-13(10-22-16(23)9-17(18,19)20)2-3-14(15)25-11-12-4-6-21-7-5-12/h2-8H,9-11H2,1H3,(H,22,23). The van der Waals surface area contributed by atoms with Gasteiger partial charge >= 0.3 is 6.18 Å². The molecule has 2 aromatic rings. The van der Waals surface area contributed by atoms with Gasteiger partial charge in [0.05, 0.1) is 7.11 Å². The summed E-state index contributed by atoms with van der Waals surface area (Å²) in [5.74, 6) is -0.161. The molecule has 0 atom stereocenters. The number of carbonyl (C=O) groups excluding carboxylic acids is 1. The Morgan fingerprint density at radius 2 is 1.84 bits per heavy atom. The van der Waals surface area contributed by atoms with Crippen LogP contribution < -0.4 is 14.8 Å². The SMILES string of the molecule is COc1cc(CNC(=O)CC(F)(F)F)ccc1OCc1ccncc1. The van der Waals surface area contributed by atoms with Crippen LogP contribution in [0.3, 0.4) is 0 Å². The van der Waals surface area contributed by atoms with Crippen LogP contribution in [0.5, 0.6) is 11.5 Å². The van der Waals surface area contributed by atoms with Crippen LogP contribution in [0, 0.1) is 0 Å². The lowest BCUT2D eigenvalue weighted by molar-refractivity contribution is -0.153. The lowest BCUT2D eigenvalue weighted by Crippen LogP contribution is -2.28. The summed E-state index contributed by atoms with van der Waals surface area (Å²) < 4.78 is 47.3. The van der Waals surface area contributed by atoms with E-state index < -0.39 is 18.5 Å². The van der Waals surface area contributed by atoms with Crippen LogP contribution >= 0.6 is 0 Å². The Labute approximate surface area is 142 Å². The zero-order chi connectivity index (χ0) is 18.3. The summed E-state index contributed by atoms with van der Waals surface area (Å²) in [4.78, 5) is 15.1. The van der Waals surface area contributed by atoms with Gasteiger partial charge < -0.3 is 14.8 Å². The highest BCUT2D eigenvalue weighted by atomic mass is 19.4. The summed E-state index contributed by atoms with van der Waals surface area (Å²) >= 11 is 0. The summed E-state index contributed by atoms with van der Waals surface area (Å²) in [6.07, 6.45) is -2.71. The molecule has 0 bridgehead atoms. The number of alkyl halides is 3. The topological polar surface area (TPSA) is 60.5 Å². The van der Waals surface area contributed by atoms with Crippen LogP contribution in [-0.4, -0.2) is 24.2 Å². The largest absolute Gasteiger partial charge is 0.493 e. The van der Waals surface area contributed by atoms with Crippen molar-refractivity contribution in [3.05, 3.63) is 53.9 Å². The first-order chi connectivity index (χ1) is 11.9. The highest BCUT2D eigenvalue weighted by molar-refractivity contribution is 5.76. The molecular formula is C17H17F3N2O3. The lowest BCUT2D eigenvalue weighted by atomic mass is 10.2. The minimum Gasteiger partial charge on any atom is -0.493 e. The van der Waals surface area contributed by atoms with E-state index in [1.54, 1.807) is 30.6 Å². The van der Waals surface area contributed by atoms with E-state index in [-0.39, 0.29) is 6.54 Å². The first-order valence-corrected chi connectivity index (χ1v) is 7.39. The zero-order valence-electron chi connectivity index (χ0n) is 13.5. The van der Waals surface area contributed by atoms with Crippen molar-refractivity contribution in [2.24, 2.45) is 0 Å². The maximum Gasteiger partial charge on any atom is 0.397 e. The fourth-order valence-electron chi connectivity index (χ4n) is 2.03. The lowest BCUT2D eigenvalue weighted by Gasteiger charge is -2.13. The molecule has 0 saturated carbocycles. The maximum absolute atomic E-state index is 12.1. The first kappa shape index (κ1) is 18.6. The molecule has 1 heterocycles. The van der Waals surface area contributed by atoms with Gasteiger partial charge in [0.15, 0.2) is 11.5 Å². The molecule has 0 saturated heterocycles. The molecule has 0 aliphatic rings. The number of benzene rings is 1. The molecule has 1 aromatic carbocycles. The van der Waals surface area contributed by atoms with Crippen LogP contribution in [-0.2, 0) is 17.9 Å². The molecule has 0 aliphatic heterocycles. The zero-order valence-corrected chi connectivity index (χ0v) is 13.5. The van der Waals surface area contributed by atoms with E-state index in [1.807, 2.05) is 12.1 Å². The molecule has 1 amide bonds. The molecule has 0 spiro atoms. The summed E-state index contributed by atoms with van der Waals surface area (Å²) in [6, 6.07) is 8.54. The van der Waals surface area contributed by atoms with Crippen molar-refractivity contribution in [1.29, 1.82) is 0 Å². The van der Waals surface area contributed by atoms with Crippen LogP contribution in [0.15, 0.2) is 42.7 Å². The average Bonchev–Trinajstić information content (AvgIpc) is 2.58. The quantitative estimate of drug-likeness (QED) is 0.829. The number of rotatable bonds is 7. The van der Waals surface area contributed by atoms with Gasteiger partial charge in [-0.15, -0.1) is 0 Å². The predicted molar refractivity (Wildman–Crippen MR) is 84.1 cm³/mol. The number of nitrogens with zero attached hydrogens (tertiary/aromatic N) is 1. The van der Waals surface area contributed by atoms with Gasteiger partial charge in [0.2, 0.25) is 5.91 Å². The van der Waals surface area contributed by atoms with Crippen LogP contribution in [0.1, 0.15) is 17.5 Å². The van der Waals surface area contributed by atoms with Crippen LogP contribution in [0.4, 0.5) is 13.2 Å². The van der Waals surface area contributed by atoms with Gasteiger partial charge in [0.1, 0.15) is 13.0 Å². The number of hydrogen-bond donors (Lipinski definition) is 1. The van der Waals surface area contributed by atoms with Crippen LogP contribution in [0.25, 0.3) is 0 Å². The third-order valence-electron chi connectivity index (χ3n) is 3.22. The van der Waals surface area contributed by atoms with E-state index in [2.05, 4.69) is 10.3 Å². The summed E-state index contributed by atoms with van der Waals surface area (Å²) in [5.41, 5.74) is 1.53. The number of pyridine rings is 1. The average molecular weight is 354 g/mol. The van der Waals surface area contributed by atoms with Gasteiger partial charge in [0.25, 0.3) is 0 Å². The van der Waals surface area contributed by atoms with E-state index >= 15 is 0 Å². The van der Waals surface area contributed by atoms with E-state index in [9.17, 15) is 18.0 Å². The second-order valence-electron chi connectivity index (χ2n) is 5.20. The number of nitrogens with one attached hydrogen (secondary N) is 1. The number of aromatic nitrogens is 1. The molecular weight excluding hydrogens is 337 g/mol. The van der Waals surface area contributed by atoms with Crippen molar-refractivity contribution >= 4 is 5.91 Å². The van der Waals surface area contributed by atoms with Gasteiger partial charge in [-0.3, -0.25) is 9.78 Å². The van der Waals surface area contributed by atoms with Crippen LogP contribution in [0.2, 0.25) is 0 Å². The van der Waals surface area contributed by atoms with Crippen molar-refractivity contribution in [3.63, 3.8) is 0 Å². The molecule has 0 aliphatic carbocycles. The van der Waals surface area contributed by atoms with Crippen molar-refractivity contribution < 1.29 is 27.4 Å². The second-order valence-corrected chi connectivity index (χ2v) is 5.20. The Hall–Kier alpha value is -2.77. The van der Waals surface area contributed by atoms with E-state index in [1.165, 1.54) is 7.11 Å². The number of amides is 1. The normalized spacial score (nSPS) is 11.0. The monoisotopic (exact) mass is 354 g/mol. The van der Waals surface area contributed by atoms with Gasteiger partial charge in [-0.05, 0) is 35.4 Å². The van der Waals surface area contributed by atoms with E-state index in [4.69, 9.17) is 9.47 Å². The molecule has 1 aromatic heterocycles. The molecule has 8 heteroatoms. The highest BCUT2D eigenvalue weighted by Crippen LogP contribution is 2.29. The molecule has 0 unspecified atom stereocenters. The predicted octanol–water partition coefficient (Wildman–Crippen LogP) is 3.24. The number of carbonyl (C=O) groups is 1. The minimum atomic E-state index is -4.52. The highest BCUT2D eigenvalue weighted by Gasteiger charge is 2.30. The number of hydrogen-bond acceptors (Lipinski definition) is 4. The summed E-state index contributed by atoms with van der Waals surface area (Å²) in [7, 11) is 1.46. The van der Waals surface area contributed by atoms with E-state index in [0.29, 0.717) is 23.7 Å². The summed E-state index contributed by atoms with van der Waals surface area (Å²) in [6.45, 7) is 0.288. The van der Waals surface area contributed by atoms with Crippen molar-refractivity contribution in [3.8, 4) is 11.5 Å². The maximum atomic E-state index is 12.1. The first-order valence-electron chi connectivity index (χ1n) is 7.39. The van der Waals surface area contributed by atoms with Gasteiger partial charge in [-0.25, -0.2) is 0 Å². The number of ether oxygens (including phenoxy) is 2. The molecule has 0 fully saturated rings. The van der Waals surface area contributed by atoms with Crippen molar-refractivity contribution in [2.45, 2.75) is 25.7 Å². The molecule has 2 rings (SSSR count). The summed E-state index contributed by atoms with van der Waals surface area (Å²) in [5, 5.41) is 2.22. The smallest absolute Gasteiger partial charge is 0.397 e. The molecule has 0 radical (unpaired) electrons. The number of methoxy groups -OCH3 is 1. The Kier molecular flexibility index (Phi) is 6.21. The van der Waals surface area contributed by atoms with Gasteiger partial charge in [-0.1, -0.05) is 6.07 Å². The van der Waals surface area contributed by atoms with E-state index in [0.717, 1.165) is 5.56 Å². The Bertz CT molecular complexity index is 706. The number of halogens is 3. The molecule has 25 heavy (non-hydrogen) atoms. The molecule has 134 valence electrons. The third-order valence-corrected chi connectivity index (χ3v) is 3.22. The van der Waals surface area contributed by atoms with Gasteiger partial charge in [0, 0.05) is 18.9 Å². The Balaban J connectivity index is 1.95. The van der Waals surface area contributed by atoms with Crippen molar-refractivity contribution in [1.82, 2.24) is 10.3 Å².